The quantitative estimate of drug-likeness (QED) is 0.0901. The minimum absolute atomic E-state index is 0.115. The summed E-state index contributed by atoms with van der Waals surface area (Å²) in [5.41, 5.74) is 3.89. The van der Waals surface area contributed by atoms with Crippen LogP contribution in [0.2, 0.25) is 0 Å². The molecule has 0 saturated carbocycles. The van der Waals surface area contributed by atoms with Crippen LogP contribution in [-0.2, 0) is 10.8 Å². The van der Waals surface area contributed by atoms with Crippen LogP contribution in [0.15, 0.2) is 170 Å². The van der Waals surface area contributed by atoms with E-state index in [1.54, 1.807) is 72.8 Å². The molecule has 0 amide bonds. The molecule has 0 aliphatic rings. The average molecular weight is 827 g/mol. The second-order valence-corrected chi connectivity index (χ2v) is 15.6. The fraction of sp³-hybridized carbons (Fsp3) is 0.115. The van der Waals surface area contributed by atoms with Crippen molar-refractivity contribution in [1.82, 2.24) is 0 Å². The Bertz CT molecular complexity index is 2540. The van der Waals surface area contributed by atoms with Gasteiger partial charge in [-0.25, -0.2) is 19.2 Å². The Morgan fingerprint density at radius 1 is 0.339 bits per heavy atom. The molecule has 0 aromatic heterocycles. The lowest BCUT2D eigenvalue weighted by atomic mass is 9.78. The van der Waals surface area contributed by atoms with Gasteiger partial charge in [0.1, 0.15) is 34.5 Å². The molecule has 7 aromatic carbocycles. The molecule has 10 heteroatoms. The highest BCUT2D eigenvalue weighted by molar-refractivity contribution is 5.96. The predicted molar refractivity (Wildman–Crippen MR) is 233 cm³/mol. The number of carbonyl (C=O) groups excluding carboxylic acids is 4. The number of benzene rings is 7. The summed E-state index contributed by atoms with van der Waals surface area (Å²) in [4.78, 5) is 52.1. The van der Waals surface area contributed by atoms with Gasteiger partial charge in [0.2, 0.25) is 0 Å². The number of hydrogen-bond donors (Lipinski definition) is 2. The smallest absolute Gasteiger partial charge is 0.343 e. The topological polar surface area (TPSA) is 146 Å². The van der Waals surface area contributed by atoms with E-state index >= 15 is 0 Å². The maximum atomic E-state index is 13.0. The van der Waals surface area contributed by atoms with Crippen LogP contribution in [-0.4, -0.2) is 34.1 Å². The highest BCUT2D eigenvalue weighted by atomic mass is 16.5. The zero-order valence-electron chi connectivity index (χ0n) is 34.3. The second kappa shape index (κ2) is 17.7. The summed E-state index contributed by atoms with van der Waals surface area (Å²) in [7, 11) is 0. The third-order valence-corrected chi connectivity index (χ3v) is 10.7. The molecule has 2 N–H and O–H groups in total. The van der Waals surface area contributed by atoms with E-state index in [1.165, 1.54) is 48.5 Å². The van der Waals surface area contributed by atoms with Crippen molar-refractivity contribution in [2.75, 3.05) is 0 Å². The maximum absolute atomic E-state index is 13.0. The molecule has 0 fully saturated rings. The van der Waals surface area contributed by atoms with Crippen molar-refractivity contribution < 1.29 is 48.3 Å². The zero-order chi connectivity index (χ0) is 44.0. The van der Waals surface area contributed by atoms with Gasteiger partial charge in [-0.1, -0.05) is 88.4 Å². The molecule has 0 aliphatic heterocycles. The Hall–Kier alpha value is -7.98. The fourth-order valence-electron chi connectivity index (χ4n) is 6.75. The molecule has 0 heterocycles. The Balaban J connectivity index is 0.917. The van der Waals surface area contributed by atoms with Crippen molar-refractivity contribution in [2.45, 2.75) is 38.5 Å². The van der Waals surface area contributed by atoms with Gasteiger partial charge in [0, 0.05) is 10.8 Å². The number of aromatic hydroxyl groups is 2. The molecule has 7 rings (SSSR count). The van der Waals surface area contributed by atoms with Crippen LogP contribution in [0.3, 0.4) is 0 Å². The van der Waals surface area contributed by atoms with E-state index < -0.39 is 23.9 Å². The molecule has 0 unspecified atom stereocenters. The summed E-state index contributed by atoms with van der Waals surface area (Å²) >= 11 is 0. The van der Waals surface area contributed by atoms with Gasteiger partial charge in [-0.05, 0) is 131 Å². The maximum Gasteiger partial charge on any atom is 0.343 e. The van der Waals surface area contributed by atoms with Crippen LogP contribution in [0.4, 0.5) is 0 Å². The molecule has 0 bridgehead atoms. The first-order chi connectivity index (χ1) is 29.6. The first kappa shape index (κ1) is 42.2. The predicted octanol–water partition coefficient (Wildman–Crippen LogP) is 10.6. The molecular weight excluding hydrogens is 785 g/mol. The largest absolute Gasteiger partial charge is 0.508 e. The number of rotatable bonds is 12. The molecular formula is C52H42O10. The highest BCUT2D eigenvalue weighted by Gasteiger charge is 2.25. The summed E-state index contributed by atoms with van der Waals surface area (Å²) in [6.07, 6.45) is 0. The normalized spacial score (nSPS) is 11.3. The van der Waals surface area contributed by atoms with Crippen molar-refractivity contribution in [3.8, 4) is 34.5 Å². The molecule has 0 radical (unpaired) electrons. The lowest BCUT2D eigenvalue weighted by Gasteiger charge is -2.26. The number of phenols is 2. The summed E-state index contributed by atoms with van der Waals surface area (Å²) < 4.78 is 22.3. The summed E-state index contributed by atoms with van der Waals surface area (Å²) in [5.74, 6) is -1.44. The van der Waals surface area contributed by atoms with Gasteiger partial charge in [-0.2, -0.15) is 0 Å². The average Bonchev–Trinajstić information content (AvgIpc) is 3.27. The Labute approximate surface area is 358 Å². The number of ether oxygens (including phenoxy) is 4. The van der Waals surface area contributed by atoms with Crippen molar-refractivity contribution in [3.05, 3.63) is 214 Å². The first-order valence-corrected chi connectivity index (χ1v) is 19.6. The second-order valence-electron chi connectivity index (χ2n) is 15.6. The summed E-state index contributed by atoms with van der Waals surface area (Å²) in [5, 5.41) is 19.3. The summed E-state index contributed by atoms with van der Waals surface area (Å²) in [6.45, 7) is 8.24. The summed E-state index contributed by atoms with van der Waals surface area (Å²) in [6, 6.07) is 46.1. The van der Waals surface area contributed by atoms with Crippen molar-refractivity contribution in [1.29, 1.82) is 0 Å². The molecule has 0 spiro atoms. The van der Waals surface area contributed by atoms with Crippen LogP contribution >= 0.6 is 0 Å². The van der Waals surface area contributed by atoms with E-state index in [2.05, 4.69) is 27.7 Å². The van der Waals surface area contributed by atoms with Crippen molar-refractivity contribution in [3.63, 3.8) is 0 Å². The van der Waals surface area contributed by atoms with Crippen molar-refractivity contribution in [2.24, 2.45) is 0 Å². The zero-order valence-corrected chi connectivity index (χ0v) is 34.3. The third kappa shape index (κ3) is 9.72. The number of hydrogen-bond acceptors (Lipinski definition) is 10. The Kier molecular flexibility index (Phi) is 12.0. The Morgan fingerprint density at radius 3 is 0.935 bits per heavy atom. The number of carbonyl (C=O) groups is 4. The van der Waals surface area contributed by atoms with Gasteiger partial charge in [-0.3, -0.25) is 0 Å². The van der Waals surface area contributed by atoms with Gasteiger partial charge in [0.25, 0.3) is 0 Å². The van der Waals surface area contributed by atoms with Gasteiger partial charge >= 0.3 is 23.9 Å². The number of esters is 4. The van der Waals surface area contributed by atoms with Gasteiger partial charge in [0.05, 0.1) is 22.3 Å². The van der Waals surface area contributed by atoms with E-state index in [1.807, 2.05) is 48.5 Å². The fourth-order valence-corrected chi connectivity index (χ4v) is 6.75. The van der Waals surface area contributed by atoms with Crippen molar-refractivity contribution >= 4 is 23.9 Å². The van der Waals surface area contributed by atoms with Crippen LogP contribution < -0.4 is 18.9 Å². The molecule has 310 valence electrons. The van der Waals surface area contributed by atoms with E-state index in [-0.39, 0.29) is 56.1 Å². The molecule has 7 aromatic rings. The van der Waals surface area contributed by atoms with E-state index in [4.69, 9.17) is 18.9 Å². The molecule has 0 saturated heterocycles. The minimum Gasteiger partial charge on any atom is -0.508 e. The van der Waals surface area contributed by atoms with Gasteiger partial charge in [-0.15, -0.1) is 0 Å². The molecule has 0 atom stereocenters. The standard InChI is InChI=1S/C52H42O10/c1-51(2,37-15-23-41(53)24-16-37)39-19-27-43(28-20-39)59-49(57)35-7-5-9-45(31-35)61-47(55)33-11-13-34(14-12-33)48(56)62-46-10-6-8-36(32-46)50(58)60-44-29-21-40(22-30-44)52(3,4)38-17-25-42(54)26-18-38/h5-32,53-54H,1-4H3. The molecule has 10 nitrogen and oxygen atoms in total. The number of phenolic OH excluding ortho intramolecular Hbond substituents is 2. The Morgan fingerprint density at radius 2 is 0.613 bits per heavy atom. The molecule has 0 aliphatic carbocycles. The highest BCUT2D eigenvalue weighted by Crippen LogP contribution is 2.35. The van der Waals surface area contributed by atoms with E-state index in [0.717, 1.165) is 22.3 Å². The van der Waals surface area contributed by atoms with Gasteiger partial charge in [0.15, 0.2) is 0 Å². The first-order valence-electron chi connectivity index (χ1n) is 19.6. The SMILES string of the molecule is CC(C)(c1ccc(O)cc1)c1ccc(OC(=O)c2cccc(OC(=O)c3ccc(C(=O)Oc4cccc(C(=O)Oc5ccc(C(C)(C)c6ccc(O)cc6)cc5)c4)cc3)c2)cc1. The van der Waals surface area contributed by atoms with Crippen LogP contribution in [0.25, 0.3) is 0 Å². The van der Waals surface area contributed by atoms with Crippen LogP contribution in [0, 0.1) is 0 Å². The lowest BCUT2D eigenvalue weighted by molar-refractivity contribution is 0.0712. The van der Waals surface area contributed by atoms with Crippen LogP contribution in [0.5, 0.6) is 34.5 Å². The molecule has 62 heavy (non-hydrogen) atoms. The monoisotopic (exact) mass is 826 g/mol. The minimum atomic E-state index is -0.718. The van der Waals surface area contributed by atoms with Gasteiger partial charge < -0.3 is 29.2 Å². The third-order valence-electron chi connectivity index (χ3n) is 10.7. The van der Waals surface area contributed by atoms with E-state index in [0.29, 0.717) is 11.5 Å². The van der Waals surface area contributed by atoms with Crippen LogP contribution in [0.1, 0.15) is 91.4 Å². The lowest BCUT2D eigenvalue weighted by Crippen LogP contribution is -2.18. The van der Waals surface area contributed by atoms with E-state index in [9.17, 15) is 29.4 Å².